The quantitative estimate of drug-likeness (QED) is 0.191. The second kappa shape index (κ2) is 10.7. The van der Waals surface area contributed by atoms with Gasteiger partial charge >= 0.3 is 6.36 Å². The van der Waals surface area contributed by atoms with E-state index < -0.39 is 6.36 Å². The third-order valence-corrected chi connectivity index (χ3v) is 6.70. The summed E-state index contributed by atoms with van der Waals surface area (Å²) in [5.74, 6) is 1.44. The van der Waals surface area contributed by atoms with Gasteiger partial charge in [-0.25, -0.2) is 9.67 Å². The van der Waals surface area contributed by atoms with Gasteiger partial charge in [0.15, 0.2) is 11.0 Å². The third kappa shape index (κ3) is 5.88. The average Bonchev–Trinajstić information content (AvgIpc) is 3.36. The Labute approximate surface area is 221 Å². The Kier molecular flexibility index (Phi) is 7.19. The van der Waals surface area contributed by atoms with Crippen LogP contribution in [-0.4, -0.2) is 38.4 Å². The Balaban J connectivity index is 1.23. The van der Waals surface area contributed by atoms with E-state index in [2.05, 4.69) is 62.0 Å². The van der Waals surface area contributed by atoms with Crippen LogP contribution >= 0.6 is 11.8 Å². The lowest BCUT2D eigenvalue weighted by Gasteiger charge is -2.34. The lowest BCUT2D eigenvalue weighted by atomic mass is 10.0. The number of halogens is 3. The summed E-state index contributed by atoms with van der Waals surface area (Å²) in [5.41, 5.74) is 4.66. The monoisotopic (exact) mass is 536 g/mol. The molecule has 3 aromatic carbocycles. The predicted octanol–water partition coefficient (Wildman–Crippen LogP) is 6.86. The van der Waals surface area contributed by atoms with Gasteiger partial charge in [0.2, 0.25) is 0 Å². The molecule has 5 rings (SSSR count). The van der Waals surface area contributed by atoms with Crippen molar-refractivity contribution in [2.45, 2.75) is 26.1 Å². The van der Waals surface area contributed by atoms with E-state index >= 15 is 0 Å². The largest absolute Gasteiger partial charge is 0.573 e. The van der Waals surface area contributed by atoms with Gasteiger partial charge in [0.1, 0.15) is 12.1 Å². The third-order valence-electron chi connectivity index (χ3n) is 5.75. The standard InChI is InChI=1S/C27H23F3N6OS/c1-18(2)23-5-3-4-6-24(23)35-17-38-26(35)33-32-15-19-7-9-20(10-8-19)25-31-16-36(34-25)21-11-13-22(14-12-21)37-27(28,29)30/h3-16,18H,17H2,1-2H3. The van der Waals surface area contributed by atoms with E-state index in [1.54, 1.807) is 18.0 Å². The smallest absolute Gasteiger partial charge is 0.406 e. The topological polar surface area (TPSA) is 67.9 Å². The number of rotatable bonds is 7. The molecule has 2 heterocycles. The fourth-order valence-corrected chi connectivity index (χ4v) is 4.56. The maximum absolute atomic E-state index is 12.4. The van der Waals surface area contributed by atoms with Crippen molar-refractivity contribution in [1.82, 2.24) is 14.8 Å². The number of anilines is 1. The van der Waals surface area contributed by atoms with Crippen molar-refractivity contribution in [3.05, 3.63) is 90.3 Å². The van der Waals surface area contributed by atoms with E-state index in [1.165, 1.54) is 40.8 Å². The zero-order valence-corrected chi connectivity index (χ0v) is 21.3. The van der Waals surface area contributed by atoms with Crippen LogP contribution in [0.1, 0.15) is 30.9 Å². The Morgan fingerprint density at radius 1 is 1.00 bits per heavy atom. The highest BCUT2D eigenvalue weighted by Gasteiger charge is 2.31. The molecule has 4 aromatic rings. The van der Waals surface area contributed by atoms with Gasteiger partial charge in [0.05, 0.1) is 17.8 Å². The molecule has 0 unspecified atom stereocenters. The highest BCUT2D eigenvalue weighted by atomic mass is 32.2. The van der Waals surface area contributed by atoms with Crippen LogP contribution in [0.4, 0.5) is 18.9 Å². The van der Waals surface area contributed by atoms with E-state index in [4.69, 9.17) is 0 Å². The summed E-state index contributed by atoms with van der Waals surface area (Å²) in [6.07, 6.45) is -1.54. The number of ether oxygens (including phenoxy) is 1. The molecule has 0 spiro atoms. The lowest BCUT2D eigenvalue weighted by molar-refractivity contribution is -0.274. The highest BCUT2D eigenvalue weighted by molar-refractivity contribution is 8.16. The fourth-order valence-electron chi connectivity index (χ4n) is 3.85. The summed E-state index contributed by atoms with van der Waals surface area (Å²) in [4.78, 5) is 6.48. The molecule has 7 nitrogen and oxygen atoms in total. The number of thioether (sulfide) groups is 1. The van der Waals surface area contributed by atoms with Crippen molar-refractivity contribution >= 4 is 28.8 Å². The first-order valence-electron chi connectivity index (χ1n) is 11.8. The molecule has 0 saturated carbocycles. The Bertz CT molecular complexity index is 1460. The number of aromatic nitrogens is 3. The minimum absolute atomic E-state index is 0.298. The van der Waals surface area contributed by atoms with Crippen LogP contribution < -0.4 is 9.64 Å². The zero-order chi connectivity index (χ0) is 26.7. The first-order valence-corrected chi connectivity index (χ1v) is 12.7. The number of hydrogen-bond donors (Lipinski definition) is 0. The number of hydrogen-bond acceptors (Lipinski definition) is 6. The summed E-state index contributed by atoms with van der Waals surface area (Å²) in [5, 5.41) is 14.0. The van der Waals surface area contributed by atoms with Crippen LogP contribution in [0.25, 0.3) is 17.1 Å². The minimum atomic E-state index is -4.73. The van der Waals surface area contributed by atoms with Crippen molar-refractivity contribution in [2.24, 2.45) is 10.2 Å². The van der Waals surface area contributed by atoms with E-state index in [0.717, 1.165) is 27.9 Å². The van der Waals surface area contributed by atoms with Crippen LogP contribution in [0.2, 0.25) is 0 Å². The van der Waals surface area contributed by atoms with Gasteiger partial charge in [-0.3, -0.25) is 0 Å². The zero-order valence-electron chi connectivity index (χ0n) is 20.5. The summed E-state index contributed by atoms with van der Waals surface area (Å²) in [7, 11) is 0. The van der Waals surface area contributed by atoms with Crippen LogP contribution in [0.5, 0.6) is 5.75 Å². The number of para-hydroxylation sites is 1. The van der Waals surface area contributed by atoms with Gasteiger partial charge in [-0.05, 0) is 47.4 Å². The summed E-state index contributed by atoms with van der Waals surface area (Å²) in [6.45, 7) is 4.36. The fraction of sp³-hybridized carbons (Fsp3) is 0.185. The van der Waals surface area contributed by atoms with Crippen LogP contribution in [0, 0.1) is 0 Å². The molecule has 0 N–H and O–H groups in total. The molecule has 1 aliphatic rings. The normalized spacial score (nSPS) is 14.9. The molecule has 1 aliphatic heterocycles. The molecule has 1 aromatic heterocycles. The molecule has 11 heteroatoms. The summed E-state index contributed by atoms with van der Waals surface area (Å²) < 4.78 is 42.5. The number of benzene rings is 3. The minimum Gasteiger partial charge on any atom is -0.406 e. The second-order valence-corrected chi connectivity index (χ2v) is 9.63. The lowest BCUT2D eigenvalue weighted by Crippen LogP contribution is -2.39. The summed E-state index contributed by atoms with van der Waals surface area (Å²) in [6, 6.07) is 21.3. The Morgan fingerprint density at radius 3 is 2.39 bits per heavy atom. The molecule has 0 amide bonds. The van der Waals surface area contributed by atoms with Crippen molar-refractivity contribution in [2.75, 3.05) is 10.8 Å². The molecule has 0 radical (unpaired) electrons. The van der Waals surface area contributed by atoms with Crippen molar-refractivity contribution < 1.29 is 17.9 Å². The molecule has 0 atom stereocenters. The van der Waals surface area contributed by atoms with Gasteiger partial charge < -0.3 is 9.64 Å². The van der Waals surface area contributed by atoms with Gasteiger partial charge in [-0.2, -0.15) is 5.10 Å². The van der Waals surface area contributed by atoms with Gasteiger partial charge in [0.25, 0.3) is 0 Å². The average molecular weight is 537 g/mol. The molecule has 38 heavy (non-hydrogen) atoms. The Hall–Kier alpha value is -4.12. The maximum atomic E-state index is 12.4. The van der Waals surface area contributed by atoms with Crippen LogP contribution in [0.15, 0.2) is 89.3 Å². The van der Waals surface area contributed by atoms with Crippen molar-refractivity contribution in [3.8, 4) is 22.8 Å². The van der Waals surface area contributed by atoms with E-state index in [-0.39, 0.29) is 5.75 Å². The second-order valence-electron chi connectivity index (χ2n) is 8.72. The Morgan fingerprint density at radius 2 is 1.74 bits per heavy atom. The first kappa shape index (κ1) is 25.5. The number of amidine groups is 1. The molecular weight excluding hydrogens is 513 g/mol. The van der Waals surface area contributed by atoms with Crippen LogP contribution in [0.3, 0.4) is 0 Å². The van der Waals surface area contributed by atoms with Crippen molar-refractivity contribution in [3.63, 3.8) is 0 Å². The highest BCUT2D eigenvalue weighted by Crippen LogP contribution is 2.35. The van der Waals surface area contributed by atoms with Gasteiger partial charge in [0, 0.05) is 11.3 Å². The number of nitrogens with zero attached hydrogens (tertiary/aromatic N) is 6. The van der Waals surface area contributed by atoms with E-state index in [1.807, 2.05) is 30.3 Å². The maximum Gasteiger partial charge on any atom is 0.573 e. The van der Waals surface area contributed by atoms with Gasteiger partial charge in [-0.1, -0.05) is 68.1 Å². The van der Waals surface area contributed by atoms with E-state index in [9.17, 15) is 13.2 Å². The number of alkyl halides is 3. The van der Waals surface area contributed by atoms with Gasteiger partial charge in [-0.15, -0.1) is 23.4 Å². The van der Waals surface area contributed by atoms with Crippen molar-refractivity contribution in [1.29, 1.82) is 0 Å². The predicted molar refractivity (Wildman–Crippen MR) is 144 cm³/mol. The summed E-state index contributed by atoms with van der Waals surface area (Å²) >= 11 is 1.65. The molecule has 1 fully saturated rings. The molecule has 0 aliphatic carbocycles. The molecule has 0 bridgehead atoms. The first-order chi connectivity index (χ1) is 18.3. The van der Waals surface area contributed by atoms with E-state index in [0.29, 0.717) is 17.4 Å². The molecule has 194 valence electrons. The van der Waals surface area contributed by atoms with Crippen LogP contribution in [-0.2, 0) is 0 Å². The molecule has 1 saturated heterocycles. The SMILES string of the molecule is CC(C)c1ccccc1N1CSC1=NN=Cc1ccc(-c2ncn(-c3ccc(OC(F)(F)F)cc3)n2)cc1. The molecular formula is C27H23F3N6OS.